The number of aliphatic imine (C=N–C) groups is 1. The number of hydrazone groups is 1. The van der Waals surface area contributed by atoms with E-state index in [1.807, 2.05) is 55.2 Å². The zero-order valence-electron chi connectivity index (χ0n) is 20.9. The molecule has 1 aliphatic rings. The maximum Gasteiger partial charge on any atom is 0.0949 e. The highest BCUT2D eigenvalue weighted by Gasteiger charge is 2.18. The predicted molar refractivity (Wildman–Crippen MR) is 160 cm³/mol. The first-order valence-electron chi connectivity index (χ1n) is 11.3. The topological polar surface area (TPSA) is 63.8 Å². The minimum atomic E-state index is 0.504. The number of benzene rings is 1. The average molecular weight is 518 g/mol. The van der Waals surface area contributed by atoms with E-state index in [0.29, 0.717) is 16.5 Å². The Kier molecular flexibility index (Phi) is 12.2. The first-order chi connectivity index (χ1) is 17.4. The first kappa shape index (κ1) is 28.6. The largest absolute Gasteiger partial charge is 0.393 e. The molecule has 2 N–H and O–H groups in total. The van der Waals surface area contributed by atoms with Crippen molar-refractivity contribution >= 4 is 39.8 Å². The highest BCUT2D eigenvalue weighted by atomic mass is 35.5. The van der Waals surface area contributed by atoms with Gasteiger partial charge in [0.15, 0.2) is 0 Å². The maximum absolute atomic E-state index is 8.03. The molecular weight excluding hydrogens is 486 g/mol. The fourth-order valence-electron chi connectivity index (χ4n) is 3.06. The summed E-state index contributed by atoms with van der Waals surface area (Å²) in [6, 6.07) is 8.27. The monoisotopic (exact) mass is 517 g/mol. The van der Waals surface area contributed by atoms with Gasteiger partial charge < -0.3 is 5.32 Å². The van der Waals surface area contributed by atoms with Gasteiger partial charge in [0.05, 0.1) is 22.2 Å². The second kappa shape index (κ2) is 15.4. The van der Waals surface area contributed by atoms with Crippen molar-refractivity contribution in [1.82, 2.24) is 10.3 Å². The van der Waals surface area contributed by atoms with Crippen molar-refractivity contribution in [1.29, 1.82) is 5.41 Å². The highest BCUT2D eigenvalue weighted by molar-refractivity contribution is 8.16. The number of nitrogens with one attached hydrogen (secondary N) is 2. The van der Waals surface area contributed by atoms with Crippen molar-refractivity contribution in [3.8, 4) is 0 Å². The fraction of sp³-hybridized carbons (Fsp3) is 0.138. The number of rotatable bonds is 11. The van der Waals surface area contributed by atoms with E-state index in [-0.39, 0.29) is 0 Å². The lowest BCUT2D eigenvalue weighted by Gasteiger charge is -2.21. The van der Waals surface area contributed by atoms with E-state index in [1.165, 1.54) is 17.3 Å². The van der Waals surface area contributed by atoms with Crippen LogP contribution in [0.1, 0.15) is 17.5 Å². The number of halogens is 1. The lowest BCUT2D eigenvalue weighted by atomic mass is 9.97. The molecule has 36 heavy (non-hydrogen) atoms. The lowest BCUT2D eigenvalue weighted by Crippen LogP contribution is -2.22. The Hall–Kier alpha value is -3.61. The molecule has 0 aliphatic carbocycles. The number of nitrogens with zero attached hydrogens (tertiary/aromatic N) is 3. The van der Waals surface area contributed by atoms with Crippen LogP contribution in [-0.2, 0) is 0 Å². The van der Waals surface area contributed by atoms with E-state index < -0.39 is 0 Å². The number of allylic oxidation sites excluding steroid dienone is 10. The van der Waals surface area contributed by atoms with Gasteiger partial charge in [-0.15, -0.1) is 0 Å². The van der Waals surface area contributed by atoms with Crippen molar-refractivity contribution in [2.24, 2.45) is 10.1 Å². The van der Waals surface area contributed by atoms with Gasteiger partial charge in [-0.05, 0) is 42.7 Å². The number of thioether (sulfide) groups is 1. The molecule has 1 aromatic carbocycles. The van der Waals surface area contributed by atoms with Crippen LogP contribution in [0, 0.1) is 12.3 Å². The van der Waals surface area contributed by atoms with E-state index in [2.05, 4.69) is 54.7 Å². The van der Waals surface area contributed by atoms with Crippen molar-refractivity contribution in [2.45, 2.75) is 13.3 Å². The molecule has 0 fully saturated rings. The Morgan fingerprint density at radius 3 is 2.67 bits per heavy atom. The normalized spacial score (nSPS) is 15.3. The molecule has 0 bridgehead atoms. The minimum Gasteiger partial charge on any atom is -0.393 e. The van der Waals surface area contributed by atoms with E-state index >= 15 is 0 Å². The Morgan fingerprint density at radius 2 is 2.00 bits per heavy atom. The highest BCUT2D eigenvalue weighted by Crippen LogP contribution is 2.19. The zero-order chi connectivity index (χ0) is 26.3. The summed E-state index contributed by atoms with van der Waals surface area (Å²) >= 11 is 7.31. The smallest absolute Gasteiger partial charge is 0.0949 e. The second-order valence-electron chi connectivity index (χ2n) is 7.54. The minimum absolute atomic E-state index is 0.504. The van der Waals surface area contributed by atoms with Gasteiger partial charge in [0, 0.05) is 49.1 Å². The summed E-state index contributed by atoms with van der Waals surface area (Å²) in [6.07, 6.45) is 18.8. The van der Waals surface area contributed by atoms with Gasteiger partial charge in [-0.2, -0.15) is 5.10 Å². The van der Waals surface area contributed by atoms with Crippen LogP contribution in [0.25, 0.3) is 0 Å². The van der Waals surface area contributed by atoms with E-state index in [9.17, 15) is 0 Å². The molecule has 186 valence electrons. The molecule has 1 aromatic rings. The lowest BCUT2D eigenvalue weighted by molar-refractivity contribution is 0.513. The average Bonchev–Trinajstić information content (AvgIpc) is 2.86. The molecule has 0 saturated carbocycles. The quantitative estimate of drug-likeness (QED) is 0.184. The van der Waals surface area contributed by atoms with Crippen LogP contribution >= 0.6 is 23.4 Å². The summed E-state index contributed by atoms with van der Waals surface area (Å²) in [4.78, 5) is 4.55. The van der Waals surface area contributed by atoms with Crippen molar-refractivity contribution < 1.29 is 0 Å². The van der Waals surface area contributed by atoms with Gasteiger partial charge in [-0.1, -0.05) is 84.6 Å². The Morgan fingerprint density at radius 1 is 1.25 bits per heavy atom. The van der Waals surface area contributed by atoms with E-state index in [0.717, 1.165) is 28.3 Å². The molecular formula is C29H32ClN5S. The molecule has 0 unspecified atom stereocenters. The van der Waals surface area contributed by atoms with Gasteiger partial charge in [0.2, 0.25) is 0 Å². The molecule has 0 saturated heterocycles. The molecule has 7 heteroatoms. The van der Waals surface area contributed by atoms with Crippen LogP contribution in [0.2, 0.25) is 0 Å². The second-order valence-corrected chi connectivity index (χ2v) is 8.98. The fourth-order valence-corrected chi connectivity index (χ4v) is 3.76. The Bertz CT molecular complexity index is 1190. The van der Waals surface area contributed by atoms with Crippen LogP contribution in [0.5, 0.6) is 0 Å². The maximum atomic E-state index is 8.03. The first-order valence-corrected chi connectivity index (χ1v) is 12.5. The zero-order valence-corrected chi connectivity index (χ0v) is 22.5. The van der Waals surface area contributed by atoms with Crippen LogP contribution in [-0.4, -0.2) is 35.6 Å². The SMILES string of the molecule is C=C/C=C(Cl)\C=C/CC(=N)S/C=C/C=C/N1N=C(C(=C/NC)/C(=N\C)c2ccc(C)cc2)C=CC1=C. The number of aryl methyl sites for hydroxylation is 1. The Balaban J connectivity index is 2.09. The van der Waals surface area contributed by atoms with Gasteiger partial charge in [-0.3, -0.25) is 10.4 Å². The van der Waals surface area contributed by atoms with Crippen LogP contribution in [0.15, 0.2) is 130 Å². The van der Waals surface area contributed by atoms with Crippen LogP contribution < -0.4 is 5.32 Å². The molecule has 1 heterocycles. The third-order valence-electron chi connectivity index (χ3n) is 4.80. The molecule has 0 aromatic heterocycles. The Labute approximate surface area is 223 Å². The van der Waals surface area contributed by atoms with E-state index in [4.69, 9.17) is 22.1 Å². The van der Waals surface area contributed by atoms with Gasteiger partial charge in [0.25, 0.3) is 0 Å². The number of hydrogen-bond acceptors (Lipinski definition) is 6. The predicted octanol–water partition coefficient (Wildman–Crippen LogP) is 7.25. The third-order valence-corrected chi connectivity index (χ3v) is 5.79. The summed E-state index contributed by atoms with van der Waals surface area (Å²) in [6.45, 7) is 9.74. The molecule has 0 spiro atoms. The van der Waals surface area contributed by atoms with Crippen LogP contribution in [0.3, 0.4) is 0 Å². The summed E-state index contributed by atoms with van der Waals surface area (Å²) < 4.78 is 0. The van der Waals surface area contributed by atoms with Crippen molar-refractivity contribution in [3.63, 3.8) is 0 Å². The van der Waals surface area contributed by atoms with E-state index in [1.54, 1.807) is 30.3 Å². The molecule has 1 aliphatic heterocycles. The standard InChI is InChI=1S/C29H32ClN5S/c1-6-10-25(30)11-9-12-28(31)36-20-8-7-19-35-23(3)15-18-27(34-35)26(21-32-4)29(33-5)24-16-13-22(2)14-17-24/h6-11,13-21,31-32H,1,3,12H2,2,4-5H3/b11-9-,19-7+,20-8+,25-10+,26-21-,31-28?,33-29-. The summed E-state index contributed by atoms with van der Waals surface area (Å²) in [5.41, 5.74) is 5.43. The summed E-state index contributed by atoms with van der Waals surface area (Å²) in [7, 11) is 3.64. The molecule has 0 radical (unpaired) electrons. The molecule has 0 amide bonds. The number of hydrogen-bond donors (Lipinski definition) is 2. The van der Waals surface area contributed by atoms with Gasteiger partial charge in [-0.25, -0.2) is 5.01 Å². The van der Waals surface area contributed by atoms with Crippen LogP contribution in [0.4, 0.5) is 0 Å². The van der Waals surface area contributed by atoms with Gasteiger partial charge >= 0.3 is 0 Å². The third kappa shape index (κ3) is 9.21. The van der Waals surface area contributed by atoms with Crippen molar-refractivity contribution in [3.05, 3.63) is 131 Å². The van der Waals surface area contributed by atoms with Crippen molar-refractivity contribution in [2.75, 3.05) is 14.1 Å². The molecule has 0 atom stereocenters. The molecule has 5 nitrogen and oxygen atoms in total. The summed E-state index contributed by atoms with van der Waals surface area (Å²) in [5.74, 6) is 0. The molecule has 2 rings (SSSR count). The van der Waals surface area contributed by atoms with Gasteiger partial charge in [0.1, 0.15) is 0 Å². The summed E-state index contributed by atoms with van der Waals surface area (Å²) in [5, 5.41) is 20.6.